The standard InChI is InChI=1S/C21H33N3O2/c1-21(2,16-18-6-4-3-5-7-18)17-22-20(25)24-12-10-23(11-13-24)19-8-14-26-15-9-19/h3-7,19H,8-17H2,1-2H3,(H,22,25). The molecule has 2 fully saturated rings. The molecule has 2 aliphatic heterocycles. The average molecular weight is 360 g/mol. The molecule has 3 rings (SSSR count). The summed E-state index contributed by atoms with van der Waals surface area (Å²) >= 11 is 0. The summed E-state index contributed by atoms with van der Waals surface area (Å²) in [5, 5.41) is 3.16. The molecule has 1 N–H and O–H groups in total. The van der Waals surface area contributed by atoms with Crippen LogP contribution in [0.3, 0.4) is 0 Å². The van der Waals surface area contributed by atoms with Crippen molar-refractivity contribution in [2.24, 2.45) is 5.41 Å². The number of hydrogen-bond donors (Lipinski definition) is 1. The number of nitrogens with zero attached hydrogens (tertiary/aromatic N) is 2. The summed E-state index contributed by atoms with van der Waals surface area (Å²) in [7, 11) is 0. The quantitative estimate of drug-likeness (QED) is 0.879. The van der Waals surface area contributed by atoms with Gasteiger partial charge in [0.05, 0.1) is 0 Å². The number of rotatable bonds is 5. The third kappa shape index (κ3) is 5.45. The predicted octanol–water partition coefficient (Wildman–Crippen LogP) is 2.76. The van der Waals surface area contributed by atoms with Crippen molar-refractivity contribution in [2.45, 2.75) is 39.2 Å². The van der Waals surface area contributed by atoms with Crippen molar-refractivity contribution in [3.63, 3.8) is 0 Å². The van der Waals surface area contributed by atoms with Crippen molar-refractivity contribution in [3.05, 3.63) is 35.9 Å². The van der Waals surface area contributed by atoms with Gasteiger partial charge < -0.3 is 15.0 Å². The molecule has 0 bridgehead atoms. The smallest absolute Gasteiger partial charge is 0.317 e. The lowest BCUT2D eigenvalue weighted by Crippen LogP contribution is -2.55. The maximum Gasteiger partial charge on any atom is 0.317 e. The van der Waals surface area contributed by atoms with Gasteiger partial charge in [0.25, 0.3) is 0 Å². The van der Waals surface area contributed by atoms with E-state index in [0.717, 1.165) is 58.7 Å². The summed E-state index contributed by atoms with van der Waals surface area (Å²) in [6.45, 7) is 10.5. The highest BCUT2D eigenvalue weighted by Crippen LogP contribution is 2.21. The Morgan fingerprint density at radius 1 is 1.12 bits per heavy atom. The molecule has 0 aliphatic carbocycles. The summed E-state index contributed by atoms with van der Waals surface area (Å²) in [5.41, 5.74) is 1.36. The summed E-state index contributed by atoms with van der Waals surface area (Å²) in [6, 6.07) is 11.2. The van der Waals surface area contributed by atoms with Crippen molar-refractivity contribution in [1.29, 1.82) is 0 Å². The fourth-order valence-corrected chi connectivity index (χ4v) is 3.98. The summed E-state index contributed by atoms with van der Waals surface area (Å²) in [6.07, 6.45) is 3.21. The van der Waals surface area contributed by atoms with Gasteiger partial charge in [-0.05, 0) is 30.2 Å². The normalized spacial score (nSPS) is 20.2. The maximum atomic E-state index is 12.6. The zero-order chi connectivity index (χ0) is 18.4. The minimum Gasteiger partial charge on any atom is -0.381 e. The van der Waals surface area contributed by atoms with E-state index < -0.39 is 0 Å². The van der Waals surface area contributed by atoms with Crippen molar-refractivity contribution >= 4 is 6.03 Å². The molecule has 5 heteroatoms. The highest BCUT2D eigenvalue weighted by molar-refractivity contribution is 5.74. The van der Waals surface area contributed by atoms with Gasteiger partial charge in [-0.1, -0.05) is 44.2 Å². The van der Waals surface area contributed by atoms with Gasteiger partial charge in [-0.25, -0.2) is 4.79 Å². The number of hydrogen-bond acceptors (Lipinski definition) is 3. The molecular formula is C21H33N3O2. The number of carbonyl (C=O) groups excluding carboxylic acids is 1. The molecule has 26 heavy (non-hydrogen) atoms. The summed E-state index contributed by atoms with van der Waals surface area (Å²) < 4.78 is 5.46. The van der Waals surface area contributed by atoms with Crippen LogP contribution in [-0.2, 0) is 11.2 Å². The van der Waals surface area contributed by atoms with E-state index >= 15 is 0 Å². The highest BCUT2D eigenvalue weighted by Gasteiger charge is 2.28. The molecule has 0 spiro atoms. The van der Waals surface area contributed by atoms with Crippen LogP contribution in [-0.4, -0.2) is 67.8 Å². The Morgan fingerprint density at radius 2 is 1.77 bits per heavy atom. The molecule has 2 saturated heterocycles. The highest BCUT2D eigenvalue weighted by atomic mass is 16.5. The molecule has 5 nitrogen and oxygen atoms in total. The van der Waals surface area contributed by atoms with Crippen LogP contribution in [0.15, 0.2) is 30.3 Å². The monoisotopic (exact) mass is 359 g/mol. The van der Waals surface area contributed by atoms with Crippen LogP contribution in [0.1, 0.15) is 32.3 Å². The second-order valence-corrected chi connectivity index (χ2v) is 8.35. The fraction of sp³-hybridized carbons (Fsp3) is 0.667. The third-order valence-corrected chi connectivity index (χ3v) is 5.55. The third-order valence-electron chi connectivity index (χ3n) is 5.55. The first kappa shape index (κ1) is 19.2. The van der Waals surface area contributed by atoms with E-state index in [9.17, 15) is 4.79 Å². The molecule has 0 unspecified atom stereocenters. The minimum atomic E-state index is 0.0426. The van der Waals surface area contributed by atoms with E-state index in [0.29, 0.717) is 12.6 Å². The second kappa shape index (κ2) is 8.87. The van der Waals surface area contributed by atoms with Crippen LogP contribution in [0.5, 0.6) is 0 Å². The molecule has 1 aromatic rings. The topological polar surface area (TPSA) is 44.8 Å². The van der Waals surface area contributed by atoms with E-state index in [2.05, 4.69) is 48.3 Å². The van der Waals surface area contributed by atoms with Crippen molar-refractivity contribution in [2.75, 3.05) is 45.9 Å². The number of urea groups is 1. The molecule has 2 amide bonds. The zero-order valence-electron chi connectivity index (χ0n) is 16.2. The maximum absolute atomic E-state index is 12.6. The van der Waals surface area contributed by atoms with Crippen LogP contribution in [0.4, 0.5) is 4.79 Å². The molecule has 2 aliphatic rings. The Balaban J connectivity index is 1.41. The van der Waals surface area contributed by atoms with Gasteiger partial charge in [-0.3, -0.25) is 4.90 Å². The molecule has 0 radical (unpaired) electrons. The van der Waals surface area contributed by atoms with E-state index in [-0.39, 0.29) is 11.4 Å². The van der Waals surface area contributed by atoms with Crippen molar-refractivity contribution in [3.8, 4) is 0 Å². The first-order chi connectivity index (χ1) is 12.5. The first-order valence-electron chi connectivity index (χ1n) is 9.92. The van der Waals surface area contributed by atoms with Crippen LogP contribution >= 0.6 is 0 Å². The Morgan fingerprint density at radius 3 is 2.42 bits per heavy atom. The second-order valence-electron chi connectivity index (χ2n) is 8.35. The lowest BCUT2D eigenvalue weighted by molar-refractivity contribution is 0.0186. The van der Waals surface area contributed by atoms with Crippen LogP contribution in [0, 0.1) is 5.41 Å². The fourth-order valence-electron chi connectivity index (χ4n) is 3.98. The van der Waals surface area contributed by atoms with E-state index in [1.54, 1.807) is 0 Å². The van der Waals surface area contributed by atoms with Gasteiger partial charge >= 0.3 is 6.03 Å². The molecular weight excluding hydrogens is 326 g/mol. The first-order valence-corrected chi connectivity index (χ1v) is 9.92. The van der Waals surface area contributed by atoms with Crippen LogP contribution in [0.25, 0.3) is 0 Å². The van der Waals surface area contributed by atoms with Gasteiger partial charge in [0.2, 0.25) is 0 Å². The van der Waals surface area contributed by atoms with Crippen molar-refractivity contribution < 1.29 is 9.53 Å². The minimum absolute atomic E-state index is 0.0426. The summed E-state index contributed by atoms with van der Waals surface area (Å²) in [4.78, 5) is 17.1. The largest absolute Gasteiger partial charge is 0.381 e. The molecule has 0 saturated carbocycles. The van der Waals surface area contributed by atoms with Crippen molar-refractivity contribution in [1.82, 2.24) is 15.1 Å². The Kier molecular flexibility index (Phi) is 6.54. The van der Waals surface area contributed by atoms with Gasteiger partial charge in [0.15, 0.2) is 0 Å². The molecule has 0 aromatic heterocycles. The number of ether oxygens (including phenoxy) is 1. The van der Waals surface area contributed by atoms with E-state index in [1.807, 2.05) is 11.0 Å². The number of amides is 2. The lowest BCUT2D eigenvalue weighted by atomic mass is 9.86. The van der Waals surface area contributed by atoms with Crippen LogP contribution < -0.4 is 5.32 Å². The lowest BCUT2D eigenvalue weighted by Gasteiger charge is -2.40. The average Bonchev–Trinajstić information content (AvgIpc) is 2.67. The number of piperazine rings is 1. The van der Waals surface area contributed by atoms with Gasteiger partial charge in [0, 0.05) is 52.0 Å². The van der Waals surface area contributed by atoms with Gasteiger partial charge in [-0.2, -0.15) is 0 Å². The van der Waals surface area contributed by atoms with Gasteiger partial charge in [-0.15, -0.1) is 0 Å². The summed E-state index contributed by atoms with van der Waals surface area (Å²) in [5.74, 6) is 0. The number of benzene rings is 1. The molecule has 1 aromatic carbocycles. The SMILES string of the molecule is CC(C)(CNC(=O)N1CCN(C2CCOCC2)CC1)Cc1ccccc1. The van der Waals surface area contributed by atoms with Crippen LogP contribution in [0.2, 0.25) is 0 Å². The Hall–Kier alpha value is -1.59. The Labute approximate surface area is 157 Å². The van der Waals surface area contributed by atoms with E-state index in [4.69, 9.17) is 4.74 Å². The number of nitrogens with one attached hydrogen (secondary N) is 1. The zero-order valence-corrected chi connectivity index (χ0v) is 16.2. The molecule has 0 atom stereocenters. The predicted molar refractivity (Wildman–Crippen MR) is 104 cm³/mol. The molecule has 144 valence electrons. The van der Waals surface area contributed by atoms with Gasteiger partial charge in [0.1, 0.15) is 0 Å². The Bertz CT molecular complexity index is 562. The number of carbonyl (C=O) groups is 1. The van der Waals surface area contributed by atoms with E-state index in [1.165, 1.54) is 5.56 Å². The molecule has 2 heterocycles.